The van der Waals surface area contributed by atoms with Crippen LogP contribution in [0.2, 0.25) is 5.15 Å². The Morgan fingerprint density at radius 1 is 1.22 bits per heavy atom. The zero-order chi connectivity index (χ0) is 16.5. The van der Waals surface area contributed by atoms with Crippen LogP contribution in [0.5, 0.6) is 0 Å². The smallest absolute Gasteiger partial charge is 0.191 e. The van der Waals surface area contributed by atoms with Crippen LogP contribution in [0.3, 0.4) is 0 Å². The highest BCUT2D eigenvalue weighted by Crippen LogP contribution is 2.07. The van der Waals surface area contributed by atoms with E-state index >= 15 is 0 Å². The van der Waals surface area contributed by atoms with Gasteiger partial charge in [0.15, 0.2) is 5.96 Å². The number of pyridine rings is 1. The predicted octanol–water partition coefficient (Wildman–Crippen LogP) is 3.17. The van der Waals surface area contributed by atoms with Gasteiger partial charge in [0.25, 0.3) is 0 Å². The zero-order valence-electron chi connectivity index (χ0n) is 13.0. The van der Waals surface area contributed by atoms with Gasteiger partial charge in [-0.05, 0) is 31.0 Å². The van der Waals surface area contributed by atoms with Crippen LogP contribution < -0.4 is 10.6 Å². The lowest BCUT2D eigenvalue weighted by molar-refractivity contribution is 0.610. The van der Waals surface area contributed by atoms with Crippen molar-refractivity contribution in [2.45, 2.75) is 19.9 Å². The Labute approximate surface area is 140 Å². The number of hydrogen-bond acceptors (Lipinski definition) is 2. The summed E-state index contributed by atoms with van der Waals surface area (Å²) in [7, 11) is 0. The van der Waals surface area contributed by atoms with Crippen LogP contribution >= 0.6 is 11.6 Å². The van der Waals surface area contributed by atoms with Gasteiger partial charge in [-0.2, -0.15) is 0 Å². The molecule has 0 unspecified atom stereocenters. The molecule has 1 aromatic heterocycles. The molecule has 4 nitrogen and oxygen atoms in total. The van der Waals surface area contributed by atoms with Gasteiger partial charge >= 0.3 is 0 Å². The molecule has 0 fully saturated rings. The van der Waals surface area contributed by atoms with Crippen LogP contribution in [-0.2, 0) is 13.0 Å². The molecule has 1 aromatic carbocycles. The van der Waals surface area contributed by atoms with Gasteiger partial charge in [-0.15, -0.1) is 0 Å². The summed E-state index contributed by atoms with van der Waals surface area (Å²) in [6.07, 6.45) is 2.56. The Morgan fingerprint density at radius 2 is 2.04 bits per heavy atom. The van der Waals surface area contributed by atoms with Crippen LogP contribution in [0.4, 0.5) is 4.39 Å². The minimum Gasteiger partial charge on any atom is -0.357 e. The highest BCUT2D eigenvalue weighted by Gasteiger charge is 2.02. The maximum atomic E-state index is 13.6. The topological polar surface area (TPSA) is 49.3 Å². The molecule has 0 bridgehead atoms. The standard InChI is InChI=1S/C17H20ClFN4/c1-2-20-17(23-12-14-5-3-4-6-15(14)19)21-10-9-13-7-8-16(18)22-11-13/h3-8,11H,2,9-10,12H2,1H3,(H2,20,21,23). The van der Waals surface area contributed by atoms with Crippen LogP contribution in [0.15, 0.2) is 47.6 Å². The quantitative estimate of drug-likeness (QED) is 0.484. The van der Waals surface area contributed by atoms with E-state index in [9.17, 15) is 4.39 Å². The molecule has 0 atom stereocenters. The first-order chi connectivity index (χ1) is 11.2. The fourth-order valence-corrected chi connectivity index (χ4v) is 2.12. The summed E-state index contributed by atoms with van der Waals surface area (Å²) in [5, 5.41) is 6.86. The lowest BCUT2D eigenvalue weighted by atomic mass is 10.2. The first-order valence-electron chi connectivity index (χ1n) is 7.55. The summed E-state index contributed by atoms with van der Waals surface area (Å²) in [5.74, 6) is 0.428. The molecule has 0 aliphatic heterocycles. The summed E-state index contributed by atoms with van der Waals surface area (Å²) in [6.45, 7) is 3.73. The van der Waals surface area contributed by atoms with Crippen LogP contribution in [0.25, 0.3) is 0 Å². The fourth-order valence-electron chi connectivity index (χ4n) is 2.01. The van der Waals surface area contributed by atoms with E-state index in [0.717, 1.165) is 18.5 Å². The molecule has 2 aromatic rings. The molecule has 0 aliphatic rings. The van der Waals surface area contributed by atoms with Crippen molar-refractivity contribution in [3.8, 4) is 0 Å². The van der Waals surface area contributed by atoms with Crippen molar-refractivity contribution in [2.75, 3.05) is 13.1 Å². The van der Waals surface area contributed by atoms with Crippen molar-refractivity contribution >= 4 is 17.6 Å². The fraction of sp³-hybridized carbons (Fsp3) is 0.294. The van der Waals surface area contributed by atoms with E-state index in [-0.39, 0.29) is 5.82 Å². The van der Waals surface area contributed by atoms with Crippen LogP contribution in [-0.4, -0.2) is 24.0 Å². The molecule has 122 valence electrons. The Balaban J connectivity index is 1.89. The first kappa shape index (κ1) is 17.2. The van der Waals surface area contributed by atoms with Crippen molar-refractivity contribution in [2.24, 2.45) is 4.99 Å². The predicted molar refractivity (Wildman–Crippen MR) is 92.2 cm³/mol. The number of halogens is 2. The summed E-state index contributed by atoms with van der Waals surface area (Å²) in [5.41, 5.74) is 1.67. The van der Waals surface area contributed by atoms with Gasteiger partial charge in [0, 0.05) is 24.8 Å². The number of guanidine groups is 1. The van der Waals surface area contributed by atoms with E-state index in [2.05, 4.69) is 20.6 Å². The van der Waals surface area contributed by atoms with Gasteiger partial charge in [-0.1, -0.05) is 35.9 Å². The van der Waals surface area contributed by atoms with Gasteiger partial charge in [0.05, 0.1) is 6.54 Å². The van der Waals surface area contributed by atoms with Crippen molar-refractivity contribution in [1.82, 2.24) is 15.6 Å². The lowest BCUT2D eigenvalue weighted by Crippen LogP contribution is -2.38. The second kappa shape index (κ2) is 9.10. The third kappa shape index (κ3) is 5.87. The van der Waals surface area contributed by atoms with E-state index in [4.69, 9.17) is 11.6 Å². The normalized spacial score (nSPS) is 11.3. The van der Waals surface area contributed by atoms with E-state index in [1.807, 2.05) is 19.1 Å². The zero-order valence-corrected chi connectivity index (χ0v) is 13.8. The molecule has 0 saturated carbocycles. The molecule has 0 spiro atoms. The Bertz CT molecular complexity index is 643. The van der Waals surface area contributed by atoms with Gasteiger partial charge in [0.2, 0.25) is 0 Å². The molecule has 2 rings (SSSR count). The Hall–Kier alpha value is -2.14. The SMILES string of the molecule is CCNC(=NCc1ccccc1F)NCCc1ccc(Cl)nc1. The highest BCUT2D eigenvalue weighted by molar-refractivity contribution is 6.29. The number of aliphatic imine (C=N–C) groups is 1. The average molecular weight is 335 g/mol. The lowest BCUT2D eigenvalue weighted by Gasteiger charge is -2.11. The molecular weight excluding hydrogens is 315 g/mol. The van der Waals surface area contributed by atoms with E-state index in [0.29, 0.717) is 29.8 Å². The molecule has 0 radical (unpaired) electrons. The summed E-state index contributed by atoms with van der Waals surface area (Å²) < 4.78 is 13.6. The van der Waals surface area contributed by atoms with Crippen molar-refractivity contribution < 1.29 is 4.39 Å². The molecule has 6 heteroatoms. The second-order valence-electron chi connectivity index (χ2n) is 4.95. The molecule has 2 N–H and O–H groups in total. The van der Waals surface area contributed by atoms with Gasteiger partial charge in [0.1, 0.15) is 11.0 Å². The highest BCUT2D eigenvalue weighted by atomic mass is 35.5. The average Bonchev–Trinajstić information content (AvgIpc) is 2.56. The number of hydrogen-bond donors (Lipinski definition) is 2. The third-order valence-electron chi connectivity index (χ3n) is 3.20. The Kier molecular flexibility index (Phi) is 6.81. The molecule has 0 saturated heterocycles. The summed E-state index contributed by atoms with van der Waals surface area (Å²) in [4.78, 5) is 8.46. The molecule has 0 aliphatic carbocycles. The maximum Gasteiger partial charge on any atom is 0.191 e. The number of benzene rings is 1. The minimum absolute atomic E-state index is 0.237. The van der Waals surface area contributed by atoms with Crippen molar-refractivity contribution in [3.63, 3.8) is 0 Å². The maximum absolute atomic E-state index is 13.6. The monoisotopic (exact) mass is 334 g/mol. The second-order valence-corrected chi connectivity index (χ2v) is 5.34. The van der Waals surface area contributed by atoms with Crippen molar-refractivity contribution in [1.29, 1.82) is 0 Å². The van der Waals surface area contributed by atoms with Crippen LogP contribution in [0.1, 0.15) is 18.1 Å². The molecule has 0 amide bonds. The van der Waals surface area contributed by atoms with E-state index in [1.54, 1.807) is 24.4 Å². The van der Waals surface area contributed by atoms with Gasteiger partial charge in [-0.3, -0.25) is 0 Å². The van der Waals surface area contributed by atoms with Crippen LogP contribution in [0, 0.1) is 5.82 Å². The van der Waals surface area contributed by atoms with Gasteiger partial charge < -0.3 is 10.6 Å². The number of rotatable bonds is 6. The third-order valence-corrected chi connectivity index (χ3v) is 3.43. The molecule has 23 heavy (non-hydrogen) atoms. The minimum atomic E-state index is -0.237. The van der Waals surface area contributed by atoms with Gasteiger partial charge in [-0.25, -0.2) is 14.4 Å². The Morgan fingerprint density at radius 3 is 2.74 bits per heavy atom. The first-order valence-corrected chi connectivity index (χ1v) is 7.93. The van der Waals surface area contributed by atoms with Crippen molar-refractivity contribution in [3.05, 3.63) is 64.7 Å². The molecule has 1 heterocycles. The van der Waals surface area contributed by atoms with E-state index in [1.165, 1.54) is 6.07 Å². The number of aromatic nitrogens is 1. The summed E-state index contributed by atoms with van der Waals surface area (Å²) >= 11 is 5.76. The number of nitrogens with one attached hydrogen (secondary N) is 2. The number of nitrogens with zero attached hydrogens (tertiary/aromatic N) is 2. The van der Waals surface area contributed by atoms with E-state index < -0.39 is 0 Å². The molecular formula is C17H20ClFN4. The largest absolute Gasteiger partial charge is 0.357 e. The summed E-state index contributed by atoms with van der Waals surface area (Å²) in [6, 6.07) is 10.4.